The summed E-state index contributed by atoms with van der Waals surface area (Å²) in [6.07, 6.45) is 0.487. The van der Waals surface area contributed by atoms with Crippen LogP contribution in [0.3, 0.4) is 0 Å². The van der Waals surface area contributed by atoms with Crippen LogP contribution in [0, 0.1) is 5.92 Å². The van der Waals surface area contributed by atoms with Crippen LogP contribution in [0.1, 0.15) is 19.8 Å². The molecule has 0 saturated carbocycles. The Kier molecular flexibility index (Phi) is 6.44. The summed E-state index contributed by atoms with van der Waals surface area (Å²) in [6.45, 7) is 1.88. The third-order valence-corrected chi connectivity index (χ3v) is 4.75. The van der Waals surface area contributed by atoms with Crippen molar-refractivity contribution in [2.45, 2.75) is 24.7 Å². The van der Waals surface area contributed by atoms with Gasteiger partial charge < -0.3 is 9.84 Å². The topological polar surface area (TPSA) is 92.7 Å². The molecule has 0 amide bonds. The summed E-state index contributed by atoms with van der Waals surface area (Å²) >= 11 is 5.90. The van der Waals surface area contributed by atoms with Gasteiger partial charge in [0.05, 0.1) is 17.0 Å². The second kappa shape index (κ2) is 7.63. The number of hydrogen-bond donors (Lipinski definition) is 2. The highest BCUT2D eigenvalue weighted by molar-refractivity contribution is 7.89. The molecule has 0 fully saturated rings. The number of carboxylic acids is 1. The van der Waals surface area contributed by atoms with Crippen LogP contribution in [0.2, 0.25) is 5.02 Å². The zero-order valence-corrected chi connectivity index (χ0v) is 13.4. The Morgan fingerprint density at radius 3 is 2.62 bits per heavy atom. The Morgan fingerprint density at radius 2 is 2.14 bits per heavy atom. The normalized spacial score (nSPS) is 12.9. The quantitative estimate of drug-likeness (QED) is 0.759. The van der Waals surface area contributed by atoms with Crippen LogP contribution in [0.4, 0.5) is 0 Å². The molecule has 0 radical (unpaired) electrons. The minimum Gasteiger partial charge on any atom is -0.495 e. The van der Waals surface area contributed by atoms with Crippen molar-refractivity contribution in [3.05, 3.63) is 23.2 Å². The third kappa shape index (κ3) is 5.18. The molecule has 118 valence electrons. The number of carboxylic acid groups (broad SMARTS) is 1. The van der Waals surface area contributed by atoms with Gasteiger partial charge in [-0.1, -0.05) is 24.9 Å². The molecule has 21 heavy (non-hydrogen) atoms. The van der Waals surface area contributed by atoms with Crippen molar-refractivity contribution >= 4 is 27.6 Å². The molecule has 0 aliphatic heterocycles. The Balaban J connectivity index is 2.81. The molecule has 1 atom stereocenters. The van der Waals surface area contributed by atoms with E-state index in [4.69, 9.17) is 21.4 Å². The molecule has 0 aliphatic carbocycles. The van der Waals surface area contributed by atoms with E-state index in [0.29, 0.717) is 12.2 Å². The van der Waals surface area contributed by atoms with Crippen molar-refractivity contribution in [3.8, 4) is 5.75 Å². The van der Waals surface area contributed by atoms with E-state index in [0.717, 1.165) is 0 Å². The third-order valence-electron chi connectivity index (χ3n) is 3.04. The van der Waals surface area contributed by atoms with E-state index in [2.05, 4.69) is 4.72 Å². The summed E-state index contributed by atoms with van der Waals surface area (Å²) in [5.41, 5.74) is 0. The maximum atomic E-state index is 12.1. The molecule has 2 N–H and O–H groups in total. The molecule has 0 aliphatic rings. The van der Waals surface area contributed by atoms with Crippen molar-refractivity contribution in [1.29, 1.82) is 0 Å². The highest BCUT2D eigenvalue weighted by atomic mass is 35.5. The molecule has 6 nitrogen and oxygen atoms in total. The van der Waals surface area contributed by atoms with Crippen molar-refractivity contribution < 1.29 is 23.1 Å². The van der Waals surface area contributed by atoms with Gasteiger partial charge >= 0.3 is 5.97 Å². The predicted octanol–water partition coefficient (Wildman–Crippen LogP) is 2.13. The minimum absolute atomic E-state index is 0.0125. The van der Waals surface area contributed by atoms with Gasteiger partial charge in [0, 0.05) is 13.0 Å². The summed E-state index contributed by atoms with van der Waals surface area (Å²) in [5, 5.41) is 8.94. The number of halogens is 1. The number of aliphatic carboxylic acids is 1. The number of benzene rings is 1. The Bertz CT molecular complexity index is 603. The first-order chi connectivity index (χ1) is 9.80. The number of methoxy groups -OCH3 is 1. The van der Waals surface area contributed by atoms with E-state index in [1.165, 1.54) is 25.3 Å². The van der Waals surface area contributed by atoms with Gasteiger partial charge in [-0.25, -0.2) is 13.1 Å². The molecule has 0 aromatic heterocycles. The lowest BCUT2D eigenvalue weighted by Crippen LogP contribution is -2.30. The number of hydrogen-bond acceptors (Lipinski definition) is 4. The van der Waals surface area contributed by atoms with Gasteiger partial charge in [-0.3, -0.25) is 4.79 Å². The number of carbonyl (C=O) groups is 1. The number of nitrogens with one attached hydrogen (secondary N) is 1. The van der Waals surface area contributed by atoms with Gasteiger partial charge in [-0.05, 0) is 24.1 Å². The largest absolute Gasteiger partial charge is 0.495 e. The second-order valence-electron chi connectivity index (χ2n) is 4.52. The lowest BCUT2D eigenvalue weighted by molar-refractivity contribution is -0.138. The maximum absolute atomic E-state index is 12.1. The van der Waals surface area contributed by atoms with Crippen LogP contribution >= 0.6 is 11.6 Å². The molecular formula is C13H18ClNO5S. The first-order valence-electron chi connectivity index (χ1n) is 6.35. The summed E-state index contributed by atoms with van der Waals surface area (Å²) in [6, 6.07) is 4.14. The average molecular weight is 336 g/mol. The number of sulfonamides is 1. The van der Waals surface area contributed by atoms with Crippen LogP contribution in [-0.4, -0.2) is 33.1 Å². The summed E-state index contributed by atoms with van der Waals surface area (Å²) in [7, 11) is -2.30. The Labute approximate surface area is 129 Å². The van der Waals surface area contributed by atoms with E-state index in [9.17, 15) is 13.2 Å². The molecule has 1 rings (SSSR count). The molecular weight excluding hydrogens is 318 g/mol. The maximum Gasteiger partial charge on any atom is 0.303 e. The van der Waals surface area contributed by atoms with Gasteiger partial charge in [0.15, 0.2) is 0 Å². The van der Waals surface area contributed by atoms with Crippen LogP contribution < -0.4 is 9.46 Å². The first kappa shape index (κ1) is 17.7. The predicted molar refractivity (Wildman–Crippen MR) is 79.2 cm³/mol. The van der Waals surface area contributed by atoms with Crippen LogP contribution in [0.25, 0.3) is 0 Å². The van der Waals surface area contributed by atoms with Crippen molar-refractivity contribution in [3.63, 3.8) is 0 Å². The fraction of sp³-hybridized carbons (Fsp3) is 0.462. The number of rotatable bonds is 8. The molecule has 0 heterocycles. The molecule has 1 aromatic carbocycles. The van der Waals surface area contributed by atoms with Gasteiger partial charge in [-0.15, -0.1) is 0 Å². The van der Waals surface area contributed by atoms with Crippen LogP contribution in [0.15, 0.2) is 23.1 Å². The summed E-state index contributed by atoms with van der Waals surface area (Å²) in [4.78, 5) is 10.7. The second-order valence-corrected chi connectivity index (χ2v) is 6.69. The Morgan fingerprint density at radius 1 is 1.48 bits per heavy atom. The lowest BCUT2D eigenvalue weighted by Gasteiger charge is -2.14. The highest BCUT2D eigenvalue weighted by Gasteiger charge is 2.19. The molecule has 1 aromatic rings. The fourth-order valence-electron chi connectivity index (χ4n) is 1.73. The standard InChI is InChI=1S/C13H18ClNO5S/c1-3-9(6-13(16)17)8-15-21(18,19)10-4-5-12(20-2)11(14)7-10/h4-5,7,9,15H,3,6,8H2,1-2H3,(H,16,17). The van der Waals surface area contributed by atoms with E-state index in [1.807, 2.05) is 6.92 Å². The summed E-state index contributed by atoms with van der Waals surface area (Å²) in [5.74, 6) is -0.826. The lowest BCUT2D eigenvalue weighted by atomic mass is 10.0. The molecule has 8 heteroatoms. The zero-order chi connectivity index (χ0) is 16.0. The van der Waals surface area contributed by atoms with Gasteiger partial charge in [0.1, 0.15) is 5.75 Å². The van der Waals surface area contributed by atoms with Crippen molar-refractivity contribution in [2.75, 3.05) is 13.7 Å². The number of ether oxygens (including phenoxy) is 1. The van der Waals surface area contributed by atoms with E-state index in [1.54, 1.807) is 0 Å². The van der Waals surface area contributed by atoms with Crippen molar-refractivity contribution in [1.82, 2.24) is 4.72 Å². The molecule has 0 saturated heterocycles. The fourth-order valence-corrected chi connectivity index (χ4v) is 3.20. The summed E-state index contributed by atoms with van der Waals surface area (Å²) < 4.78 is 31.6. The monoisotopic (exact) mass is 335 g/mol. The van der Waals surface area contributed by atoms with Gasteiger partial charge in [0.25, 0.3) is 0 Å². The van der Waals surface area contributed by atoms with E-state index in [-0.39, 0.29) is 28.8 Å². The van der Waals surface area contributed by atoms with Crippen LogP contribution in [0.5, 0.6) is 5.75 Å². The minimum atomic E-state index is -3.73. The Hall–Kier alpha value is -1.31. The van der Waals surface area contributed by atoms with Crippen LogP contribution in [-0.2, 0) is 14.8 Å². The molecule has 0 spiro atoms. The smallest absolute Gasteiger partial charge is 0.303 e. The van der Waals surface area contributed by atoms with Gasteiger partial charge in [-0.2, -0.15) is 0 Å². The molecule has 1 unspecified atom stereocenters. The first-order valence-corrected chi connectivity index (χ1v) is 8.21. The van der Waals surface area contributed by atoms with E-state index < -0.39 is 16.0 Å². The van der Waals surface area contributed by atoms with E-state index >= 15 is 0 Å². The average Bonchev–Trinajstić information content (AvgIpc) is 2.43. The zero-order valence-electron chi connectivity index (χ0n) is 11.8. The highest BCUT2D eigenvalue weighted by Crippen LogP contribution is 2.26. The van der Waals surface area contributed by atoms with Crippen molar-refractivity contribution in [2.24, 2.45) is 5.92 Å². The van der Waals surface area contributed by atoms with Gasteiger partial charge in [0.2, 0.25) is 10.0 Å². The molecule has 0 bridgehead atoms. The SMILES string of the molecule is CCC(CNS(=O)(=O)c1ccc(OC)c(Cl)c1)CC(=O)O.